The molecular formula is C13H20N2O2. The van der Waals surface area contributed by atoms with E-state index in [4.69, 9.17) is 4.74 Å². The Kier molecular flexibility index (Phi) is 6.10. The molecule has 0 saturated heterocycles. The van der Waals surface area contributed by atoms with Crippen LogP contribution in [0.25, 0.3) is 0 Å². The second kappa shape index (κ2) is 7.68. The van der Waals surface area contributed by atoms with Gasteiger partial charge in [0.25, 0.3) is 0 Å². The molecule has 1 N–H and O–H groups in total. The van der Waals surface area contributed by atoms with Crippen molar-refractivity contribution < 1.29 is 9.53 Å². The Balaban J connectivity index is 2.48. The predicted molar refractivity (Wildman–Crippen MR) is 69.4 cm³/mol. The Morgan fingerprint density at radius 3 is 2.65 bits per heavy atom. The first kappa shape index (κ1) is 13.5. The molecule has 17 heavy (non-hydrogen) atoms. The van der Waals surface area contributed by atoms with Crippen LogP contribution < -0.4 is 10.2 Å². The summed E-state index contributed by atoms with van der Waals surface area (Å²) in [6, 6.07) is 9.59. The monoisotopic (exact) mass is 236 g/mol. The minimum atomic E-state index is -0.0604. The molecule has 1 aromatic carbocycles. The zero-order chi connectivity index (χ0) is 12.5. The summed E-state index contributed by atoms with van der Waals surface area (Å²) >= 11 is 0. The number of benzene rings is 1. The smallest absolute Gasteiger partial charge is 0.321 e. The van der Waals surface area contributed by atoms with E-state index in [0.29, 0.717) is 19.7 Å². The van der Waals surface area contributed by atoms with E-state index in [9.17, 15) is 4.79 Å². The Labute approximate surface area is 103 Å². The summed E-state index contributed by atoms with van der Waals surface area (Å²) in [5.41, 5.74) is 0.916. The van der Waals surface area contributed by atoms with Crippen molar-refractivity contribution in [2.45, 2.75) is 13.3 Å². The summed E-state index contributed by atoms with van der Waals surface area (Å²) in [5, 5.41) is 2.87. The topological polar surface area (TPSA) is 41.6 Å². The molecular weight excluding hydrogens is 216 g/mol. The number of urea groups is 1. The Bertz CT molecular complexity index is 327. The van der Waals surface area contributed by atoms with E-state index >= 15 is 0 Å². The Hall–Kier alpha value is -1.55. The van der Waals surface area contributed by atoms with Gasteiger partial charge in [-0.05, 0) is 25.5 Å². The van der Waals surface area contributed by atoms with Crippen LogP contribution >= 0.6 is 0 Å². The van der Waals surface area contributed by atoms with Gasteiger partial charge in [0.2, 0.25) is 0 Å². The number of carbonyl (C=O) groups excluding carboxylic acids is 1. The van der Waals surface area contributed by atoms with Crippen molar-refractivity contribution in [3.63, 3.8) is 0 Å². The molecule has 0 atom stereocenters. The van der Waals surface area contributed by atoms with Gasteiger partial charge in [0.1, 0.15) is 0 Å². The van der Waals surface area contributed by atoms with E-state index in [0.717, 1.165) is 12.1 Å². The number of nitrogens with zero attached hydrogens (tertiary/aromatic N) is 1. The fourth-order valence-corrected chi connectivity index (χ4v) is 1.56. The fourth-order valence-electron chi connectivity index (χ4n) is 1.56. The van der Waals surface area contributed by atoms with Crippen LogP contribution in [0.3, 0.4) is 0 Å². The van der Waals surface area contributed by atoms with Crippen LogP contribution in [-0.4, -0.2) is 32.8 Å². The van der Waals surface area contributed by atoms with E-state index in [-0.39, 0.29) is 6.03 Å². The molecule has 0 fully saturated rings. The number of hydrogen-bond acceptors (Lipinski definition) is 2. The van der Waals surface area contributed by atoms with E-state index < -0.39 is 0 Å². The number of rotatable bonds is 6. The zero-order valence-electron chi connectivity index (χ0n) is 10.5. The van der Waals surface area contributed by atoms with Crippen molar-refractivity contribution >= 4 is 11.7 Å². The summed E-state index contributed by atoms with van der Waals surface area (Å²) < 4.78 is 4.93. The van der Waals surface area contributed by atoms with Crippen LogP contribution in [0.1, 0.15) is 13.3 Å². The summed E-state index contributed by atoms with van der Waals surface area (Å²) in [6.45, 7) is 3.91. The van der Waals surface area contributed by atoms with Crippen LogP contribution in [0.5, 0.6) is 0 Å². The molecule has 0 heterocycles. The molecule has 1 rings (SSSR count). The van der Waals surface area contributed by atoms with Crippen molar-refractivity contribution in [3.8, 4) is 0 Å². The van der Waals surface area contributed by atoms with Crippen LogP contribution in [0.15, 0.2) is 30.3 Å². The number of para-hydroxylation sites is 1. The quantitative estimate of drug-likeness (QED) is 0.770. The molecule has 4 heteroatoms. The highest BCUT2D eigenvalue weighted by Crippen LogP contribution is 2.12. The van der Waals surface area contributed by atoms with Crippen LogP contribution in [0, 0.1) is 0 Å². The van der Waals surface area contributed by atoms with Crippen molar-refractivity contribution in [2.75, 3.05) is 31.7 Å². The van der Waals surface area contributed by atoms with Gasteiger partial charge in [-0.1, -0.05) is 18.2 Å². The first-order chi connectivity index (χ1) is 8.29. The normalized spacial score (nSPS) is 10.0. The molecule has 0 radical (unpaired) electrons. The SMILES string of the molecule is CCN(C(=O)NCCCOC)c1ccccc1. The lowest BCUT2D eigenvalue weighted by atomic mass is 10.3. The third-order valence-corrected chi connectivity index (χ3v) is 2.43. The molecule has 0 unspecified atom stereocenters. The lowest BCUT2D eigenvalue weighted by Gasteiger charge is -2.21. The standard InChI is InChI=1S/C13H20N2O2/c1-3-15(12-8-5-4-6-9-12)13(16)14-10-7-11-17-2/h4-6,8-9H,3,7,10-11H2,1-2H3,(H,14,16). The number of nitrogens with one attached hydrogen (secondary N) is 1. The Morgan fingerprint density at radius 1 is 1.35 bits per heavy atom. The molecule has 0 bridgehead atoms. The van der Waals surface area contributed by atoms with Crippen molar-refractivity contribution in [1.29, 1.82) is 0 Å². The average molecular weight is 236 g/mol. The summed E-state index contributed by atoms with van der Waals surface area (Å²) in [5.74, 6) is 0. The maximum absolute atomic E-state index is 11.9. The van der Waals surface area contributed by atoms with Crippen LogP contribution in [0.2, 0.25) is 0 Å². The van der Waals surface area contributed by atoms with E-state index in [1.54, 1.807) is 12.0 Å². The largest absolute Gasteiger partial charge is 0.385 e. The molecule has 0 aliphatic heterocycles. The maximum atomic E-state index is 11.9. The summed E-state index contributed by atoms with van der Waals surface area (Å²) in [4.78, 5) is 13.6. The van der Waals surface area contributed by atoms with Gasteiger partial charge in [-0.15, -0.1) is 0 Å². The number of ether oxygens (including phenoxy) is 1. The molecule has 94 valence electrons. The summed E-state index contributed by atoms with van der Waals surface area (Å²) in [6.07, 6.45) is 0.828. The fraction of sp³-hybridized carbons (Fsp3) is 0.462. The van der Waals surface area contributed by atoms with Gasteiger partial charge in [0, 0.05) is 32.5 Å². The molecule has 0 saturated carbocycles. The highest BCUT2D eigenvalue weighted by molar-refractivity contribution is 5.91. The molecule has 4 nitrogen and oxygen atoms in total. The first-order valence-electron chi connectivity index (χ1n) is 5.89. The molecule has 0 aromatic heterocycles. The molecule has 0 aliphatic carbocycles. The predicted octanol–water partition coefficient (Wildman–Crippen LogP) is 2.26. The average Bonchev–Trinajstić information content (AvgIpc) is 2.37. The second-order valence-electron chi connectivity index (χ2n) is 3.66. The molecule has 2 amide bonds. The van der Waals surface area contributed by atoms with Gasteiger partial charge in [-0.3, -0.25) is 4.90 Å². The van der Waals surface area contributed by atoms with Gasteiger partial charge in [-0.25, -0.2) is 4.79 Å². The number of hydrogen-bond donors (Lipinski definition) is 1. The second-order valence-corrected chi connectivity index (χ2v) is 3.66. The van der Waals surface area contributed by atoms with Gasteiger partial charge in [0.05, 0.1) is 0 Å². The molecule has 1 aromatic rings. The lowest BCUT2D eigenvalue weighted by Crippen LogP contribution is -2.40. The van der Waals surface area contributed by atoms with E-state index in [1.807, 2.05) is 37.3 Å². The zero-order valence-corrected chi connectivity index (χ0v) is 10.5. The van der Waals surface area contributed by atoms with E-state index in [2.05, 4.69) is 5.32 Å². The van der Waals surface area contributed by atoms with Crippen LogP contribution in [-0.2, 0) is 4.74 Å². The minimum Gasteiger partial charge on any atom is -0.385 e. The van der Waals surface area contributed by atoms with Crippen molar-refractivity contribution in [2.24, 2.45) is 0 Å². The van der Waals surface area contributed by atoms with Crippen LogP contribution in [0.4, 0.5) is 10.5 Å². The van der Waals surface area contributed by atoms with Gasteiger partial charge >= 0.3 is 6.03 Å². The van der Waals surface area contributed by atoms with E-state index in [1.165, 1.54) is 0 Å². The number of methoxy groups -OCH3 is 1. The summed E-state index contributed by atoms with van der Waals surface area (Å²) in [7, 11) is 1.66. The maximum Gasteiger partial charge on any atom is 0.321 e. The number of carbonyl (C=O) groups is 1. The third-order valence-electron chi connectivity index (χ3n) is 2.43. The first-order valence-corrected chi connectivity index (χ1v) is 5.89. The number of amides is 2. The highest BCUT2D eigenvalue weighted by atomic mass is 16.5. The van der Waals surface area contributed by atoms with Crippen molar-refractivity contribution in [1.82, 2.24) is 5.32 Å². The lowest BCUT2D eigenvalue weighted by molar-refractivity contribution is 0.194. The molecule has 0 aliphatic rings. The van der Waals surface area contributed by atoms with Crippen molar-refractivity contribution in [3.05, 3.63) is 30.3 Å². The minimum absolute atomic E-state index is 0.0604. The van der Waals surface area contributed by atoms with Gasteiger partial charge in [0.15, 0.2) is 0 Å². The Morgan fingerprint density at radius 2 is 2.06 bits per heavy atom. The highest BCUT2D eigenvalue weighted by Gasteiger charge is 2.11. The van der Waals surface area contributed by atoms with Gasteiger partial charge in [-0.2, -0.15) is 0 Å². The molecule has 0 spiro atoms. The third kappa shape index (κ3) is 4.44. The van der Waals surface area contributed by atoms with Gasteiger partial charge < -0.3 is 10.1 Å². The number of anilines is 1.